The minimum absolute atomic E-state index is 0.260. The van der Waals surface area contributed by atoms with Gasteiger partial charge in [0.25, 0.3) is 0 Å². The maximum absolute atomic E-state index is 12.9. The van der Waals surface area contributed by atoms with Crippen LogP contribution in [0, 0.1) is 19.8 Å². The Balaban J connectivity index is 2.17. The molecule has 1 aromatic carbocycles. The number of nitrogens with zero attached hydrogens (tertiary/aromatic N) is 1. The summed E-state index contributed by atoms with van der Waals surface area (Å²) in [5.41, 5.74) is 1.43. The first kappa shape index (κ1) is 20.2. The highest BCUT2D eigenvalue weighted by atomic mass is 32.2. The number of methoxy groups -OCH3 is 1. The van der Waals surface area contributed by atoms with Gasteiger partial charge in [-0.2, -0.15) is 0 Å². The molecule has 0 bridgehead atoms. The molecule has 1 aliphatic rings. The van der Waals surface area contributed by atoms with Gasteiger partial charge in [-0.25, -0.2) is 13.1 Å². The summed E-state index contributed by atoms with van der Waals surface area (Å²) in [5, 5.41) is 0. The predicted molar refractivity (Wildman–Crippen MR) is 102 cm³/mol. The van der Waals surface area contributed by atoms with E-state index < -0.39 is 10.0 Å². The van der Waals surface area contributed by atoms with E-state index in [0.717, 1.165) is 19.5 Å². The second kappa shape index (κ2) is 8.52. The molecule has 0 radical (unpaired) electrons. The number of sulfonamides is 1. The second-order valence-electron chi connectivity index (χ2n) is 7.47. The molecule has 1 aromatic rings. The van der Waals surface area contributed by atoms with Gasteiger partial charge in [0, 0.05) is 12.6 Å². The molecule has 1 unspecified atom stereocenters. The molecule has 1 saturated heterocycles. The highest BCUT2D eigenvalue weighted by Gasteiger charge is 2.26. The van der Waals surface area contributed by atoms with Crippen LogP contribution < -0.4 is 9.46 Å². The van der Waals surface area contributed by atoms with Crippen LogP contribution in [0.3, 0.4) is 0 Å². The van der Waals surface area contributed by atoms with Gasteiger partial charge in [0.05, 0.1) is 12.0 Å². The van der Waals surface area contributed by atoms with Gasteiger partial charge in [-0.05, 0) is 75.4 Å². The van der Waals surface area contributed by atoms with E-state index in [0.29, 0.717) is 34.2 Å². The minimum atomic E-state index is -3.54. The van der Waals surface area contributed by atoms with Crippen molar-refractivity contribution in [2.45, 2.75) is 57.9 Å². The average molecular weight is 369 g/mol. The summed E-state index contributed by atoms with van der Waals surface area (Å²) in [6.45, 7) is 10.6. The number of nitrogens with one attached hydrogen (secondary N) is 1. The van der Waals surface area contributed by atoms with E-state index in [2.05, 4.69) is 23.5 Å². The second-order valence-corrected chi connectivity index (χ2v) is 9.17. The van der Waals surface area contributed by atoms with Gasteiger partial charge >= 0.3 is 0 Å². The number of aryl methyl sites for hydroxylation is 2. The number of ether oxygens (including phenoxy) is 1. The van der Waals surface area contributed by atoms with Crippen LogP contribution >= 0.6 is 0 Å². The number of benzene rings is 1. The summed E-state index contributed by atoms with van der Waals surface area (Å²) >= 11 is 0. The monoisotopic (exact) mass is 368 g/mol. The summed E-state index contributed by atoms with van der Waals surface area (Å²) in [7, 11) is -1.95. The SMILES string of the molecule is COc1cc(C)c(S(=O)(=O)NCC(CC(C)C)N2CCCC2)c(C)c1. The fourth-order valence-electron chi connectivity index (χ4n) is 3.74. The highest BCUT2D eigenvalue weighted by Crippen LogP contribution is 2.26. The van der Waals surface area contributed by atoms with Crippen molar-refractivity contribution in [2.24, 2.45) is 5.92 Å². The van der Waals surface area contributed by atoms with Crippen LogP contribution in [0.1, 0.15) is 44.2 Å². The summed E-state index contributed by atoms with van der Waals surface area (Å²) in [5.74, 6) is 1.23. The molecule has 0 amide bonds. The molecular weight excluding hydrogens is 336 g/mol. The topological polar surface area (TPSA) is 58.6 Å². The maximum Gasteiger partial charge on any atom is 0.241 e. The average Bonchev–Trinajstić information content (AvgIpc) is 3.04. The standard InChI is InChI=1S/C19H32N2O3S/c1-14(2)10-17(21-8-6-7-9-21)13-20-25(22,23)19-15(3)11-18(24-5)12-16(19)4/h11-12,14,17,20H,6-10,13H2,1-5H3. The fraction of sp³-hybridized carbons (Fsp3) is 0.684. The number of hydrogen-bond acceptors (Lipinski definition) is 4. The smallest absolute Gasteiger partial charge is 0.241 e. The highest BCUT2D eigenvalue weighted by molar-refractivity contribution is 7.89. The molecule has 25 heavy (non-hydrogen) atoms. The Labute approximate surface area is 152 Å². The first-order chi connectivity index (χ1) is 11.7. The van der Waals surface area contributed by atoms with E-state index in [-0.39, 0.29) is 6.04 Å². The number of hydrogen-bond donors (Lipinski definition) is 1. The van der Waals surface area contributed by atoms with E-state index in [4.69, 9.17) is 4.74 Å². The molecule has 1 atom stereocenters. The lowest BCUT2D eigenvalue weighted by molar-refractivity contribution is 0.214. The zero-order chi connectivity index (χ0) is 18.6. The van der Waals surface area contributed by atoms with Gasteiger partial charge in [-0.1, -0.05) is 13.8 Å². The molecule has 5 nitrogen and oxygen atoms in total. The van der Waals surface area contributed by atoms with Crippen molar-refractivity contribution in [1.29, 1.82) is 0 Å². The molecule has 1 aliphatic heterocycles. The van der Waals surface area contributed by atoms with E-state index >= 15 is 0 Å². The largest absolute Gasteiger partial charge is 0.497 e. The molecule has 1 fully saturated rings. The van der Waals surface area contributed by atoms with Gasteiger partial charge in [-0.15, -0.1) is 0 Å². The third kappa shape index (κ3) is 5.19. The van der Waals surface area contributed by atoms with Crippen molar-refractivity contribution >= 4 is 10.0 Å². The summed E-state index contributed by atoms with van der Waals surface area (Å²) in [4.78, 5) is 2.80. The Hall–Kier alpha value is -1.11. The van der Waals surface area contributed by atoms with E-state index in [1.54, 1.807) is 19.2 Å². The van der Waals surface area contributed by atoms with Crippen molar-refractivity contribution in [3.05, 3.63) is 23.3 Å². The van der Waals surface area contributed by atoms with Gasteiger partial charge in [0.1, 0.15) is 5.75 Å². The van der Waals surface area contributed by atoms with Crippen molar-refractivity contribution in [1.82, 2.24) is 9.62 Å². The lowest BCUT2D eigenvalue weighted by Crippen LogP contribution is -2.43. The van der Waals surface area contributed by atoms with Gasteiger partial charge in [0.2, 0.25) is 10.0 Å². The summed E-state index contributed by atoms with van der Waals surface area (Å²) in [6, 6.07) is 3.80. The molecule has 0 aliphatic carbocycles. The Morgan fingerprint density at radius 2 is 1.72 bits per heavy atom. The number of likely N-dealkylation sites (tertiary alicyclic amines) is 1. The Kier molecular flexibility index (Phi) is 6.88. The molecule has 142 valence electrons. The van der Waals surface area contributed by atoms with Crippen molar-refractivity contribution in [3.63, 3.8) is 0 Å². The Bertz CT molecular complexity index is 657. The zero-order valence-corrected chi connectivity index (χ0v) is 16.9. The molecule has 6 heteroatoms. The summed E-state index contributed by atoms with van der Waals surface area (Å²) in [6.07, 6.45) is 3.42. The van der Waals surface area contributed by atoms with Crippen molar-refractivity contribution in [2.75, 3.05) is 26.7 Å². The fourth-order valence-corrected chi connectivity index (χ4v) is 5.26. The third-order valence-electron chi connectivity index (χ3n) is 4.85. The molecule has 0 spiro atoms. The molecule has 1 N–H and O–H groups in total. The van der Waals surface area contributed by atoms with E-state index in [1.807, 2.05) is 13.8 Å². The minimum Gasteiger partial charge on any atom is -0.497 e. The normalized spacial score (nSPS) is 17.2. The van der Waals surface area contributed by atoms with Crippen LogP contribution in [-0.4, -0.2) is 46.1 Å². The molecule has 1 heterocycles. The summed E-state index contributed by atoms with van der Waals surface area (Å²) < 4.78 is 33.9. The molecule has 0 aromatic heterocycles. The van der Waals surface area contributed by atoms with Crippen LogP contribution in [0.25, 0.3) is 0 Å². The van der Waals surface area contributed by atoms with Crippen LogP contribution in [0.2, 0.25) is 0 Å². The van der Waals surface area contributed by atoms with Crippen molar-refractivity contribution < 1.29 is 13.2 Å². The van der Waals surface area contributed by atoms with Crippen LogP contribution in [0.15, 0.2) is 17.0 Å². The first-order valence-electron chi connectivity index (χ1n) is 9.13. The third-order valence-corrected chi connectivity index (χ3v) is 6.58. The lowest BCUT2D eigenvalue weighted by atomic mass is 10.0. The number of rotatable bonds is 8. The van der Waals surface area contributed by atoms with Crippen LogP contribution in [0.5, 0.6) is 5.75 Å². The lowest BCUT2D eigenvalue weighted by Gasteiger charge is -2.29. The van der Waals surface area contributed by atoms with Crippen LogP contribution in [-0.2, 0) is 10.0 Å². The molecular formula is C19H32N2O3S. The first-order valence-corrected chi connectivity index (χ1v) is 10.6. The van der Waals surface area contributed by atoms with E-state index in [1.165, 1.54) is 12.8 Å². The Morgan fingerprint density at radius 1 is 1.16 bits per heavy atom. The molecule has 2 rings (SSSR count). The van der Waals surface area contributed by atoms with Crippen molar-refractivity contribution in [3.8, 4) is 5.75 Å². The maximum atomic E-state index is 12.9. The van der Waals surface area contributed by atoms with Gasteiger partial charge in [0.15, 0.2) is 0 Å². The van der Waals surface area contributed by atoms with E-state index in [9.17, 15) is 8.42 Å². The quantitative estimate of drug-likeness (QED) is 0.766. The van der Waals surface area contributed by atoms with Gasteiger partial charge < -0.3 is 4.74 Å². The zero-order valence-electron chi connectivity index (χ0n) is 16.1. The predicted octanol–water partition coefficient (Wildman–Crippen LogP) is 3.10. The Morgan fingerprint density at radius 3 is 2.20 bits per heavy atom. The van der Waals surface area contributed by atoms with Crippen LogP contribution in [0.4, 0.5) is 0 Å². The van der Waals surface area contributed by atoms with Gasteiger partial charge in [-0.3, -0.25) is 4.90 Å². The molecule has 0 saturated carbocycles.